The zero-order chi connectivity index (χ0) is 8.97. The Balaban J connectivity index is 2.95. The molecule has 0 aromatic heterocycles. The van der Waals surface area contributed by atoms with Crippen LogP contribution in [0.1, 0.15) is 31.0 Å². The van der Waals surface area contributed by atoms with Gasteiger partial charge in [0.2, 0.25) is 0 Å². The number of hydrogen-bond acceptors (Lipinski definition) is 1. The molecule has 0 spiro atoms. The van der Waals surface area contributed by atoms with Gasteiger partial charge in [-0.2, -0.15) is 0 Å². The summed E-state index contributed by atoms with van der Waals surface area (Å²) < 4.78 is 0. The second-order valence-corrected chi connectivity index (χ2v) is 2.96. The summed E-state index contributed by atoms with van der Waals surface area (Å²) in [5.41, 5.74) is 8.16. The van der Waals surface area contributed by atoms with Crippen LogP contribution >= 0.6 is 0 Å². The largest absolute Gasteiger partial charge is 0.324 e. The highest BCUT2D eigenvalue weighted by molar-refractivity contribution is 5.50. The summed E-state index contributed by atoms with van der Waals surface area (Å²) in [7, 11) is 0. The fourth-order valence-corrected chi connectivity index (χ4v) is 1.14. The summed E-state index contributed by atoms with van der Waals surface area (Å²) in [5, 5.41) is 0. The van der Waals surface area contributed by atoms with E-state index in [1.54, 1.807) is 0 Å². The first-order chi connectivity index (χ1) is 5.74. The normalized spacial score (nSPS) is 13.6. The topological polar surface area (TPSA) is 26.0 Å². The number of allylic oxidation sites excluding steroid dienone is 1. The van der Waals surface area contributed by atoms with E-state index < -0.39 is 0 Å². The molecular weight excluding hydrogens is 146 g/mol. The third-order valence-electron chi connectivity index (χ3n) is 1.80. The molecule has 12 heavy (non-hydrogen) atoms. The maximum absolute atomic E-state index is 5.75. The Bertz CT molecular complexity index is 274. The van der Waals surface area contributed by atoms with Gasteiger partial charge in [0.1, 0.15) is 0 Å². The zero-order valence-electron chi connectivity index (χ0n) is 7.62. The van der Waals surface area contributed by atoms with E-state index in [-0.39, 0.29) is 6.04 Å². The van der Waals surface area contributed by atoms with E-state index in [2.05, 4.69) is 24.3 Å². The average molecular weight is 161 g/mol. The molecule has 0 aliphatic carbocycles. The molecule has 1 unspecified atom stereocenters. The predicted molar refractivity (Wildman–Crippen MR) is 53.8 cm³/mol. The van der Waals surface area contributed by atoms with Crippen molar-refractivity contribution in [3.63, 3.8) is 0 Å². The Kier molecular flexibility index (Phi) is 3.06. The van der Waals surface area contributed by atoms with E-state index in [0.29, 0.717) is 0 Å². The fourth-order valence-electron chi connectivity index (χ4n) is 1.14. The van der Waals surface area contributed by atoms with E-state index in [9.17, 15) is 0 Å². The molecule has 1 nitrogen and oxygen atoms in total. The van der Waals surface area contributed by atoms with Gasteiger partial charge in [-0.1, -0.05) is 36.4 Å². The van der Waals surface area contributed by atoms with Crippen LogP contribution in [0.4, 0.5) is 0 Å². The number of nitrogens with two attached hydrogens (primary N) is 1. The molecule has 0 heterocycles. The lowest BCUT2D eigenvalue weighted by Gasteiger charge is -2.05. The van der Waals surface area contributed by atoms with Gasteiger partial charge in [0.15, 0.2) is 0 Å². The van der Waals surface area contributed by atoms with Crippen molar-refractivity contribution >= 4 is 6.08 Å². The van der Waals surface area contributed by atoms with E-state index in [4.69, 9.17) is 5.73 Å². The molecule has 0 amide bonds. The lowest BCUT2D eigenvalue weighted by Crippen LogP contribution is -2.04. The summed E-state index contributed by atoms with van der Waals surface area (Å²) in [6.45, 7) is 4.01. The molecule has 1 atom stereocenters. The lowest BCUT2D eigenvalue weighted by molar-refractivity contribution is 0.818. The second-order valence-electron chi connectivity index (χ2n) is 2.96. The Morgan fingerprint density at radius 1 is 1.42 bits per heavy atom. The minimum absolute atomic E-state index is 0.121. The number of benzene rings is 1. The molecule has 1 aromatic carbocycles. The van der Waals surface area contributed by atoms with Gasteiger partial charge in [0, 0.05) is 6.04 Å². The fraction of sp³-hybridized carbons (Fsp3) is 0.273. The molecule has 0 aliphatic rings. The third-order valence-corrected chi connectivity index (χ3v) is 1.80. The first kappa shape index (κ1) is 9.01. The first-order valence-corrected chi connectivity index (χ1v) is 4.22. The van der Waals surface area contributed by atoms with Crippen LogP contribution in [0.25, 0.3) is 6.08 Å². The number of rotatable bonds is 2. The van der Waals surface area contributed by atoms with Crippen LogP contribution < -0.4 is 5.73 Å². The summed E-state index contributed by atoms with van der Waals surface area (Å²) in [5.74, 6) is 0. The van der Waals surface area contributed by atoms with Crippen molar-refractivity contribution in [3.8, 4) is 0 Å². The van der Waals surface area contributed by atoms with Crippen molar-refractivity contribution < 1.29 is 0 Å². The van der Waals surface area contributed by atoms with Crippen LogP contribution in [0.2, 0.25) is 0 Å². The van der Waals surface area contributed by atoms with Gasteiger partial charge in [-0.25, -0.2) is 0 Å². The quantitative estimate of drug-likeness (QED) is 0.709. The van der Waals surface area contributed by atoms with Crippen molar-refractivity contribution in [3.05, 3.63) is 41.5 Å². The Morgan fingerprint density at radius 2 is 2.17 bits per heavy atom. The highest BCUT2D eigenvalue weighted by Crippen LogP contribution is 2.12. The monoisotopic (exact) mass is 161 g/mol. The van der Waals surface area contributed by atoms with Crippen LogP contribution in [-0.4, -0.2) is 0 Å². The highest BCUT2D eigenvalue weighted by atomic mass is 14.6. The summed E-state index contributed by atoms with van der Waals surface area (Å²) >= 11 is 0. The zero-order valence-corrected chi connectivity index (χ0v) is 7.62. The molecular formula is C11H15N. The van der Waals surface area contributed by atoms with Crippen molar-refractivity contribution in [2.24, 2.45) is 5.73 Å². The van der Waals surface area contributed by atoms with Crippen LogP contribution in [0, 0.1) is 0 Å². The predicted octanol–water partition coefficient (Wildman–Crippen LogP) is 2.74. The lowest BCUT2D eigenvalue weighted by atomic mass is 10.1. The summed E-state index contributed by atoms with van der Waals surface area (Å²) in [6.07, 6.45) is 4.10. The van der Waals surface area contributed by atoms with Gasteiger partial charge < -0.3 is 5.73 Å². The van der Waals surface area contributed by atoms with Gasteiger partial charge >= 0.3 is 0 Å². The van der Waals surface area contributed by atoms with E-state index in [1.807, 2.05) is 26.0 Å². The van der Waals surface area contributed by atoms with Crippen molar-refractivity contribution in [1.82, 2.24) is 0 Å². The van der Waals surface area contributed by atoms with Crippen LogP contribution in [0.3, 0.4) is 0 Å². The summed E-state index contributed by atoms with van der Waals surface area (Å²) in [6, 6.07) is 8.40. The van der Waals surface area contributed by atoms with E-state index >= 15 is 0 Å². The Labute approximate surface area is 73.9 Å². The molecule has 64 valence electrons. The SMILES string of the molecule is CC=Cc1cccc(C(C)N)c1. The first-order valence-electron chi connectivity index (χ1n) is 4.22. The smallest absolute Gasteiger partial charge is 0.0266 e. The van der Waals surface area contributed by atoms with Gasteiger partial charge in [-0.05, 0) is 25.0 Å². The molecule has 1 aromatic rings. The number of hydrogen-bond donors (Lipinski definition) is 1. The molecule has 0 saturated heterocycles. The molecule has 1 rings (SSSR count). The van der Waals surface area contributed by atoms with Gasteiger partial charge in [0.05, 0.1) is 0 Å². The molecule has 2 N–H and O–H groups in total. The second kappa shape index (κ2) is 4.07. The summed E-state index contributed by atoms with van der Waals surface area (Å²) in [4.78, 5) is 0. The van der Waals surface area contributed by atoms with Crippen molar-refractivity contribution in [2.75, 3.05) is 0 Å². The molecule has 0 aliphatic heterocycles. The van der Waals surface area contributed by atoms with Gasteiger partial charge in [-0.15, -0.1) is 0 Å². The maximum Gasteiger partial charge on any atom is 0.0266 e. The molecule has 1 heteroatoms. The average Bonchev–Trinajstić information content (AvgIpc) is 2.05. The van der Waals surface area contributed by atoms with Crippen LogP contribution in [0.15, 0.2) is 30.3 Å². The molecule has 0 fully saturated rings. The maximum atomic E-state index is 5.75. The highest BCUT2D eigenvalue weighted by Gasteiger charge is 1.97. The van der Waals surface area contributed by atoms with E-state index in [1.165, 1.54) is 11.1 Å². The Morgan fingerprint density at radius 3 is 2.75 bits per heavy atom. The van der Waals surface area contributed by atoms with Crippen LogP contribution in [0.5, 0.6) is 0 Å². The molecule has 0 saturated carbocycles. The van der Waals surface area contributed by atoms with Crippen LogP contribution in [-0.2, 0) is 0 Å². The third kappa shape index (κ3) is 2.21. The molecule has 0 bridgehead atoms. The minimum atomic E-state index is 0.121. The van der Waals surface area contributed by atoms with Gasteiger partial charge in [0.25, 0.3) is 0 Å². The van der Waals surface area contributed by atoms with Gasteiger partial charge in [-0.3, -0.25) is 0 Å². The Hall–Kier alpha value is -1.08. The van der Waals surface area contributed by atoms with Crippen molar-refractivity contribution in [2.45, 2.75) is 19.9 Å². The van der Waals surface area contributed by atoms with Crippen molar-refractivity contribution in [1.29, 1.82) is 0 Å². The van der Waals surface area contributed by atoms with E-state index in [0.717, 1.165) is 0 Å². The standard InChI is InChI=1S/C11H15N/c1-3-5-10-6-4-7-11(8-10)9(2)12/h3-9H,12H2,1-2H3. The minimum Gasteiger partial charge on any atom is -0.324 e. The molecule has 0 radical (unpaired) electrons.